The molecule has 5 atom stereocenters. The summed E-state index contributed by atoms with van der Waals surface area (Å²) in [6.45, 7) is 10.2. The third kappa shape index (κ3) is 7.69. The van der Waals surface area contributed by atoms with Crippen molar-refractivity contribution in [2.45, 2.75) is 77.2 Å². The Bertz CT molecular complexity index is 943. The summed E-state index contributed by atoms with van der Waals surface area (Å²) in [4.78, 5) is 20.8. The summed E-state index contributed by atoms with van der Waals surface area (Å²) in [5.74, 6) is 0.513. The second-order valence-electron chi connectivity index (χ2n) is 9.39. The molecule has 1 aromatic rings. The van der Waals surface area contributed by atoms with Gasteiger partial charge in [-0.25, -0.2) is 9.38 Å². The molecular weight excluding hydrogens is 433 g/mol. The molecule has 4 bridgehead atoms. The highest BCUT2D eigenvalue weighted by atomic mass is 19.1. The first-order valence-corrected chi connectivity index (χ1v) is 12.1. The van der Waals surface area contributed by atoms with Gasteiger partial charge in [0.2, 0.25) is 0 Å². The van der Waals surface area contributed by atoms with Crippen LogP contribution in [0.1, 0.15) is 52.9 Å². The lowest BCUT2D eigenvalue weighted by molar-refractivity contribution is 0.000233. The molecule has 0 N–H and O–H groups in total. The molecule has 1 fully saturated rings. The lowest BCUT2D eigenvalue weighted by Gasteiger charge is -2.29. The molecule has 0 amide bonds. The van der Waals surface area contributed by atoms with Crippen molar-refractivity contribution in [2.24, 2.45) is 21.1 Å². The molecule has 2 aliphatic rings. The summed E-state index contributed by atoms with van der Waals surface area (Å²) in [7, 11) is 0. The summed E-state index contributed by atoms with van der Waals surface area (Å²) in [6.07, 6.45) is 6.36. The highest BCUT2D eigenvalue weighted by Gasteiger charge is 2.26. The van der Waals surface area contributed by atoms with Gasteiger partial charge in [-0.3, -0.25) is 4.99 Å². The second-order valence-corrected chi connectivity index (χ2v) is 9.39. The van der Waals surface area contributed by atoms with Gasteiger partial charge in [0.1, 0.15) is 24.6 Å². The van der Waals surface area contributed by atoms with Gasteiger partial charge in [0.15, 0.2) is 0 Å². The molecule has 0 saturated heterocycles. The molecular formula is C27H36FN3O3. The minimum Gasteiger partial charge on any atom is -0.491 e. The Morgan fingerprint density at radius 3 is 2.85 bits per heavy atom. The largest absolute Gasteiger partial charge is 0.491 e. The van der Waals surface area contributed by atoms with E-state index in [1.807, 2.05) is 32.0 Å². The van der Waals surface area contributed by atoms with Crippen molar-refractivity contribution in [3.05, 3.63) is 53.5 Å². The normalized spacial score (nSPS) is 30.2. The van der Waals surface area contributed by atoms with Crippen LogP contribution in [0.15, 0.2) is 63.7 Å². The van der Waals surface area contributed by atoms with Gasteiger partial charge < -0.3 is 9.47 Å². The standard InChI is InChI=1S/C27H36FN3O3/c1-18(2)26-13-7-12-25(28)20(4)29-21-8-5-10-23(14-21)33-16-19(3)27(31-32)17-34-24-11-6-9-22(15-24)30-26/h6-7,9,11,13,15,19,21,23,25,27H,1,5,8,10,12,14,16-17H2,2-4H3/b13-7-,29-20?,30-26?. The number of aliphatic imine (C=N–C) groups is 2. The molecule has 0 spiro atoms. The maximum atomic E-state index is 14.8. The van der Waals surface area contributed by atoms with Crippen LogP contribution in [0.2, 0.25) is 0 Å². The maximum Gasteiger partial charge on any atom is 0.141 e. The first-order chi connectivity index (χ1) is 16.4. The molecule has 34 heavy (non-hydrogen) atoms. The van der Waals surface area contributed by atoms with Crippen LogP contribution in [0.4, 0.5) is 10.1 Å². The Labute approximate surface area is 202 Å². The summed E-state index contributed by atoms with van der Waals surface area (Å²) in [5, 5.41) is 3.29. The van der Waals surface area contributed by atoms with Crippen LogP contribution in [0.25, 0.3) is 0 Å². The van der Waals surface area contributed by atoms with E-state index in [4.69, 9.17) is 9.47 Å². The van der Waals surface area contributed by atoms with E-state index in [2.05, 4.69) is 21.7 Å². The fraction of sp³-hybridized carbons (Fsp3) is 0.556. The van der Waals surface area contributed by atoms with Crippen molar-refractivity contribution in [1.82, 2.24) is 0 Å². The monoisotopic (exact) mass is 469 g/mol. The number of hydrogen-bond donors (Lipinski definition) is 0. The summed E-state index contributed by atoms with van der Waals surface area (Å²) < 4.78 is 26.8. The third-order valence-corrected chi connectivity index (χ3v) is 6.37. The summed E-state index contributed by atoms with van der Waals surface area (Å²) in [5.41, 5.74) is 2.64. The van der Waals surface area contributed by atoms with E-state index >= 15 is 0 Å². The van der Waals surface area contributed by atoms with Gasteiger partial charge in [0.25, 0.3) is 0 Å². The van der Waals surface area contributed by atoms with E-state index in [-0.39, 0.29) is 31.1 Å². The van der Waals surface area contributed by atoms with E-state index in [1.165, 1.54) is 0 Å². The zero-order valence-corrected chi connectivity index (χ0v) is 20.5. The van der Waals surface area contributed by atoms with Crippen molar-refractivity contribution >= 4 is 17.1 Å². The number of fused-ring (bicyclic) bond motifs is 4. The molecule has 7 heteroatoms. The van der Waals surface area contributed by atoms with Gasteiger partial charge in [-0.1, -0.05) is 30.8 Å². The second kappa shape index (κ2) is 12.7. The molecule has 0 aromatic heterocycles. The number of rotatable bonds is 2. The number of nitrogens with zero attached hydrogens (tertiary/aromatic N) is 3. The Kier molecular flexibility index (Phi) is 9.69. The number of ether oxygens (including phenoxy) is 2. The Morgan fingerprint density at radius 1 is 1.26 bits per heavy atom. The molecule has 1 saturated carbocycles. The first kappa shape index (κ1) is 25.9. The molecule has 1 aliphatic carbocycles. The predicted octanol–water partition coefficient (Wildman–Crippen LogP) is 6.57. The first-order valence-electron chi connectivity index (χ1n) is 12.1. The minimum absolute atomic E-state index is 0.0561. The molecule has 0 radical (unpaired) electrons. The fourth-order valence-corrected chi connectivity index (χ4v) is 4.16. The molecule has 3 rings (SSSR count). The summed E-state index contributed by atoms with van der Waals surface area (Å²) in [6, 6.07) is 6.85. The fourth-order valence-electron chi connectivity index (χ4n) is 4.16. The lowest BCUT2D eigenvalue weighted by Crippen LogP contribution is -2.32. The lowest BCUT2D eigenvalue weighted by atomic mass is 9.92. The average Bonchev–Trinajstić information content (AvgIpc) is 2.82. The SMILES string of the molecule is C=C(C)C1=Nc2cccc(c2)OCC(N=O)C(C)COC2CCCC(C2)N=C(C)C(F)C/C=C\1. The minimum atomic E-state index is -1.15. The molecule has 1 aromatic carbocycles. The Morgan fingerprint density at radius 2 is 2.09 bits per heavy atom. The number of allylic oxidation sites excluding steroid dienone is 3. The number of nitroso groups, excluding NO2 is 1. The van der Waals surface area contributed by atoms with Crippen molar-refractivity contribution < 1.29 is 13.9 Å². The topological polar surface area (TPSA) is 72.6 Å². The van der Waals surface area contributed by atoms with Crippen LogP contribution < -0.4 is 4.74 Å². The quantitative estimate of drug-likeness (QED) is 0.460. The van der Waals surface area contributed by atoms with Crippen LogP contribution in [0, 0.1) is 10.8 Å². The van der Waals surface area contributed by atoms with E-state index in [0.717, 1.165) is 31.3 Å². The van der Waals surface area contributed by atoms with E-state index in [1.54, 1.807) is 25.1 Å². The van der Waals surface area contributed by atoms with E-state index in [0.29, 0.717) is 29.5 Å². The molecule has 184 valence electrons. The zero-order chi connectivity index (χ0) is 24.5. The van der Waals surface area contributed by atoms with Crippen LogP contribution in [-0.4, -0.2) is 49.0 Å². The van der Waals surface area contributed by atoms with Crippen molar-refractivity contribution in [1.29, 1.82) is 0 Å². The average molecular weight is 470 g/mol. The predicted molar refractivity (Wildman–Crippen MR) is 136 cm³/mol. The van der Waals surface area contributed by atoms with Crippen LogP contribution in [-0.2, 0) is 4.74 Å². The van der Waals surface area contributed by atoms with E-state index < -0.39 is 12.2 Å². The zero-order valence-electron chi connectivity index (χ0n) is 20.5. The number of alkyl halides is 1. The molecule has 1 aliphatic heterocycles. The highest BCUT2D eigenvalue weighted by molar-refractivity contribution is 6.08. The molecule has 1 heterocycles. The number of benzene rings is 1. The van der Waals surface area contributed by atoms with Crippen molar-refractivity contribution in [2.75, 3.05) is 13.2 Å². The molecule has 5 unspecified atom stereocenters. The number of halogens is 1. The van der Waals surface area contributed by atoms with Crippen LogP contribution >= 0.6 is 0 Å². The van der Waals surface area contributed by atoms with Crippen LogP contribution in [0.5, 0.6) is 5.75 Å². The van der Waals surface area contributed by atoms with Crippen molar-refractivity contribution in [3.8, 4) is 5.75 Å². The van der Waals surface area contributed by atoms with Crippen molar-refractivity contribution in [3.63, 3.8) is 0 Å². The number of hydrogen-bond acceptors (Lipinski definition) is 6. The molecule has 6 nitrogen and oxygen atoms in total. The van der Waals surface area contributed by atoms with E-state index in [9.17, 15) is 9.30 Å². The Hall–Kier alpha value is -2.67. The summed E-state index contributed by atoms with van der Waals surface area (Å²) >= 11 is 0. The smallest absolute Gasteiger partial charge is 0.141 e. The van der Waals surface area contributed by atoms with Gasteiger partial charge >= 0.3 is 0 Å². The van der Waals surface area contributed by atoms with Crippen LogP contribution in [0.3, 0.4) is 0 Å². The Balaban J connectivity index is 1.87. The third-order valence-electron chi connectivity index (χ3n) is 6.37. The maximum absolute atomic E-state index is 14.8. The van der Waals surface area contributed by atoms with Gasteiger partial charge in [-0.15, -0.1) is 0 Å². The van der Waals surface area contributed by atoms with Gasteiger partial charge in [0, 0.05) is 24.1 Å². The highest BCUT2D eigenvalue weighted by Crippen LogP contribution is 2.26. The van der Waals surface area contributed by atoms with Gasteiger partial charge in [-0.05, 0) is 63.3 Å². The van der Waals surface area contributed by atoms with Gasteiger partial charge in [0.05, 0.1) is 30.2 Å². The van der Waals surface area contributed by atoms with Gasteiger partial charge in [-0.2, -0.15) is 4.91 Å².